The molecule has 2 aromatic carbocycles. The number of aliphatic imine (C=N–C) groups is 1. The molecule has 2 aromatic rings. The number of hydrogen-bond donors (Lipinski definition) is 2. The van der Waals surface area contributed by atoms with Crippen molar-refractivity contribution in [1.29, 1.82) is 0 Å². The van der Waals surface area contributed by atoms with Gasteiger partial charge in [-0.1, -0.05) is 6.07 Å². The summed E-state index contributed by atoms with van der Waals surface area (Å²) in [7, 11) is 0. The van der Waals surface area contributed by atoms with Gasteiger partial charge in [0.2, 0.25) is 5.91 Å². The molecule has 0 radical (unpaired) electrons. The average Bonchev–Trinajstić information content (AvgIpc) is 3.03. The van der Waals surface area contributed by atoms with Crippen LogP contribution in [-0.2, 0) is 9.53 Å². The van der Waals surface area contributed by atoms with Gasteiger partial charge < -0.3 is 15.4 Å². The minimum absolute atomic E-state index is 0.270. The van der Waals surface area contributed by atoms with Gasteiger partial charge in [-0.3, -0.25) is 9.79 Å². The molecule has 0 bridgehead atoms. The molecule has 4 rings (SSSR count). The van der Waals surface area contributed by atoms with Crippen molar-refractivity contribution in [3.05, 3.63) is 53.6 Å². The number of carbonyl (C=O) groups is 1. The van der Waals surface area contributed by atoms with E-state index in [1.165, 1.54) is 24.4 Å². The lowest BCUT2D eigenvalue weighted by Crippen LogP contribution is -2.22. The highest BCUT2D eigenvalue weighted by Gasteiger charge is 2.31. The second-order valence-electron chi connectivity index (χ2n) is 7.05. The minimum Gasteiger partial charge on any atom is -0.382 e. The largest absolute Gasteiger partial charge is 0.382 e. The van der Waals surface area contributed by atoms with Crippen LogP contribution in [0.25, 0.3) is 0 Å². The van der Waals surface area contributed by atoms with Crippen LogP contribution in [0.1, 0.15) is 24.3 Å². The van der Waals surface area contributed by atoms with Gasteiger partial charge >= 0.3 is 0 Å². The van der Waals surface area contributed by atoms with E-state index in [0.717, 1.165) is 26.1 Å². The monoisotopic (exact) mass is 385 g/mol. The van der Waals surface area contributed by atoms with Crippen LogP contribution in [0.5, 0.6) is 0 Å². The maximum atomic E-state index is 14.4. The molecule has 2 N–H and O–H groups in total. The summed E-state index contributed by atoms with van der Waals surface area (Å²) in [4.78, 5) is 16.3. The molecule has 1 amide bonds. The summed E-state index contributed by atoms with van der Waals surface area (Å²) in [5.74, 6) is -1.58. The van der Waals surface area contributed by atoms with E-state index in [-0.39, 0.29) is 11.5 Å². The lowest BCUT2D eigenvalue weighted by molar-refractivity contribution is -0.115. The number of fused-ring (bicyclic) bond motifs is 1. The highest BCUT2D eigenvalue weighted by molar-refractivity contribution is 6.12. The zero-order chi connectivity index (χ0) is 19.5. The third-order valence-corrected chi connectivity index (χ3v) is 5.15. The number of benzene rings is 2. The Morgan fingerprint density at radius 1 is 1.18 bits per heavy atom. The molecule has 2 heterocycles. The van der Waals surface area contributed by atoms with Gasteiger partial charge in [-0.2, -0.15) is 0 Å². The van der Waals surface area contributed by atoms with Gasteiger partial charge in [0, 0.05) is 43.3 Å². The van der Waals surface area contributed by atoms with Crippen LogP contribution in [0.2, 0.25) is 0 Å². The van der Waals surface area contributed by atoms with Crippen molar-refractivity contribution in [3.8, 4) is 0 Å². The molecule has 2 aliphatic heterocycles. The van der Waals surface area contributed by atoms with E-state index < -0.39 is 17.6 Å². The van der Waals surface area contributed by atoms with Crippen LogP contribution >= 0.6 is 0 Å². The van der Waals surface area contributed by atoms with Crippen LogP contribution in [0.4, 0.5) is 25.8 Å². The maximum absolute atomic E-state index is 14.4. The van der Waals surface area contributed by atoms with Gasteiger partial charge in [0.25, 0.3) is 0 Å². The highest BCUT2D eigenvalue weighted by atomic mass is 19.1. The Balaban J connectivity index is 1.44. The smallest absolute Gasteiger partial charge is 0.237 e. The van der Waals surface area contributed by atoms with Crippen LogP contribution in [-0.4, -0.2) is 31.9 Å². The average molecular weight is 385 g/mol. The summed E-state index contributed by atoms with van der Waals surface area (Å²) >= 11 is 0. The zero-order valence-electron chi connectivity index (χ0n) is 15.3. The molecule has 0 spiro atoms. The first-order chi connectivity index (χ1) is 13.6. The van der Waals surface area contributed by atoms with Crippen LogP contribution in [0.15, 0.2) is 41.4 Å². The van der Waals surface area contributed by atoms with Crippen molar-refractivity contribution in [2.24, 2.45) is 10.9 Å². The summed E-state index contributed by atoms with van der Waals surface area (Å²) in [6.07, 6.45) is 3.30. The molecule has 7 heteroatoms. The maximum Gasteiger partial charge on any atom is 0.237 e. The van der Waals surface area contributed by atoms with Gasteiger partial charge in [0.15, 0.2) is 0 Å². The molecule has 1 unspecified atom stereocenters. The third-order valence-electron chi connectivity index (χ3n) is 5.15. The van der Waals surface area contributed by atoms with Crippen LogP contribution in [0.3, 0.4) is 0 Å². The van der Waals surface area contributed by atoms with Gasteiger partial charge in [-0.05, 0) is 43.0 Å². The third kappa shape index (κ3) is 3.89. The minimum atomic E-state index is -0.828. The first-order valence-corrected chi connectivity index (χ1v) is 9.36. The van der Waals surface area contributed by atoms with Crippen molar-refractivity contribution in [2.75, 3.05) is 30.4 Å². The predicted molar refractivity (Wildman–Crippen MR) is 104 cm³/mol. The first-order valence-electron chi connectivity index (χ1n) is 9.36. The summed E-state index contributed by atoms with van der Waals surface area (Å²) < 4.78 is 33.8. The first kappa shape index (κ1) is 18.6. The summed E-state index contributed by atoms with van der Waals surface area (Å²) in [6.45, 7) is 2.20. The molecule has 0 aliphatic carbocycles. The molecule has 0 saturated carbocycles. The second-order valence-corrected chi connectivity index (χ2v) is 7.05. The Labute approximate surface area is 161 Å². The standard InChI is InChI=1S/C21H21F2N3O2/c22-16-2-1-3-19-20(16)15(21(27)26-19)12-24-14-4-5-18(17(23)10-14)25-11-13-6-8-28-9-7-13/h1-5,10,12-13,15,25H,6-9,11H2,(H,26,27). The number of ether oxygens (including phenoxy) is 1. The lowest BCUT2D eigenvalue weighted by Gasteiger charge is -2.22. The van der Waals surface area contributed by atoms with Crippen molar-refractivity contribution in [1.82, 2.24) is 0 Å². The number of hydrogen-bond acceptors (Lipinski definition) is 4. The fourth-order valence-corrected chi connectivity index (χ4v) is 3.54. The number of nitrogens with zero attached hydrogens (tertiary/aromatic N) is 1. The second kappa shape index (κ2) is 8.06. The topological polar surface area (TPSA) is 62.7 Å². The molecular weight excluding hydrogens is 364 g/mol. The van der Waals surface area contributed by atoms with E-state index in [2.05, 4.69) is 15.6 Å². The van der Waals surface area contributed by atoms with E-state index >= 15 is 0 Å². The Morgan fingerprint density at radius 3 is 2.79 bits per heavy atom. The molecule has 1 atom stereocenters. The Bertz CT molecular complexity index is 911. The molecule has 1 fully saturated rings. The van der Waals surface area contributed by atoms with Crippen molar-refractivity contribution < 1.29 is 18.3 Å². The normalized spacial score (nSPS) is 19.6. The Hall–Kier alpha value is -2.80. The number of rotatable bonds is 5. The number of amides is 1. The van der Waals surface area contributed by atoms with E-state index in [1.54, 1.807) is 18.2 Å². The number of anilines is 2. The Morgan fingerprint density at radius 2 is 2.00 bits per heavy atom. The van der Waals surface area contributed by atoms with E-state index in [4.69, 9.17) is 4.74 Å². The molecule has 2 aliphatic rings. The summed E-state index contributed by atoms with van der Waals surface area (Å²) in [5.41, 5.74) is 1.50. The summed E-state index contributed by atoms with van der Waals surface area (Å²) in [6, 6.07) is 9.08. The fraction of sp³-hybridized carbons (Fsp3) is 0.333. The molecule has 1 saturated heterocycles. The van der Waals surface area contributed by atoms with E-state index in [0.29, 0.717) is 29.5 Å². The van der Waals surface area contributed by atoms with Gasteiger partial charge in [-0.15, -0.1) is 0 Å². The quantitative estimate of drug-likeness (QED) is 0.757. The predicted octanol–water partition coefficient (Wildman–Crippen LogP) is 4.24. The molecule has 0 aromatic heterocycles. The number of carbonyl (C=O) groups excluding carboxylic acids is 1. The SMILES string of the molecule is O=C1Nc2cccc(F)c2C1C=Nc1ccc(NCC2CCOCC2)c(F)c1. The zero-order valence-corrected chi connectivity index (χ0v) is 15.3. The highest BCUT2D eigenvalue weighted by Crippen LogP contribution is 2.34. The number of halogens is 2. The van der Waals surface area contributed by atoms with Crippen LogP contribution in [0, 0.1) is 17.6 Å². The van der Waals surface area contributed by atoms with E-state index in [9.17, 15) is 13.6 Å². The van der Waals surface area contributed by atoms with Crippen molar-refractivity contribution >= 4 is 29.2 Å². The lowest BCUT2D eigenvalue weighted by atomic mass is 10.0. The Kier molecular flexibility index (Phi) is 5.34. The van der Waals surface area contributed by atoms with Crippen molar-refractivity contribution in [3.63, 3.8) is 0 Å². The van der Waals surface area contributed by atoms with Crippen LogP contribution < -0.4 is 10.6 Å². The summed E-state index contributed by atoms with van der Waals surface area (Å²) in [5, 5.41) is 5.77. The van der Waals surface area contributed by atoms with Crippen molar-refractivity contribution in [2.45, 2.75) is 18.8 Å². The molecule has 146 valence electrons. The molecule has 5 nitrogen and oxygen atoms in total. The fourth-order valence-electron chi connectivity index (χ4n) is 3.54. The molecular formula is C21H21F2N3O2. The van der Waals surface area contributed by atoms with Gasteiger partial charge in [-0.25, -0.2) is 8.78 Å². The number of nitrogens with one attached hydrogen (secondary N) is 2. The van der Waals surface area contributed by atoms with E-state index in [1.807, 2.05) is 0 Å². The van der Waals surface area contributed by atoms with Gasteiger partial charge in [0.05, 0.1) is 11.4 Å². The molecule has 28 heavy (non-hydrogen) atoms. The van der Waals surface area contributed by atoms with Gasteiger partial charge in [0.1, 0.15) is 17.6 Å².